The Morgan fingerprint density at radius 3 is 2.73 bits per heavy atom. The quantitative estimate of drug-likeness (QED) is 0.533. The summed E-state index contributed by atoms with van der Waals surface area (Å²) in [6, 6.07) is 6.83. The number of β-amino-alcohol motifs (C(OH)–C–C–N with tert-alkyl or cyclic N) is 1. The number of piperidine rings is 1. The van der Waals surface area contributed by atoms with E-state index in [2.05, 4.69) is 5.32 Å². The van der Waals surface area contributed by atoms with Gasteiger partial charge >= 0.3 is 11.0 Å². The first-order chi connectivity index (χ1) is 15.6. The Labute approximate surface area is 195 Å². The number of aliphatic hydroxyl groups excluding tert-OH is 1. The fourth-order valence-electron chi connectivity index (χ4n) is 3.40. The lowest BCUT2D eigenvalue weighted by atomic mass is 10.1. The predicted octanol–water partition coefficient (Wildman–Crippen LogP) is 2.61. The van der Waals surface area contributed by atoms with E-state index in [4.69, 9.17) is 21.6 Å². The summed E-state index contributed by atoms with van der Waals surface area (Å²) in [7, 11) is 0. The third-order valence-electron chi connectivity index (χ3n) is 5.00. The zero-order chi connectivity index (χ0) is 24.2. The summed E-state index contributed by atoms with van der Waals surface area (Å²) in [5, 5.41) is 21.7. The van der Waals surface area contributed by atoms with Crippen LogP contribution in [0.3, 0.4) is 0 Å². The van der Waals surface area contributed by atoms with Crippen molar-refractivity contribution in [3.8, 4) is 11.8 Å². The van der Waals surface area contributed by atoms with Crippen molar-refractivity contribution in [3.63, 3.8) is 0 Å². The van der Waals surface area contributed by atoms with Gasteiger partial charge in [-0.3, -0.25) is 9.59 Å². The van der Waals surface area contributed by atoms with Crippen molar-refractivity contribution in [3.05, 3.63) is 49.0 Å². The minimum atomic E-state index is -4.86. The number of rotatable bonds is 7. The second-order valence-corrected chi connectivity index (χ2v) is 8.84. The molecular weight excluding hydrogens is 485 g/mol. The number of ether oxygens (including phenoxy) is 1. The number of aromatic amines is 1. The molecule has 1 aromatic carbocycles. The number of thiazole rings is 1. The number of nitriles is 1. The van der Waals surface area contributed by atoms with Crippen molar-refractivity contribution in [1.82, 2.24) is 15.2 Å². The zero-order valence-corrected chi connectivity index (χ0v) is 18.7. The van der Waals surface area contributed by atoms with Crippen LogP contribution in [0.5, 0.6) is 5.75 Å². The molecular formula is C20H20ClF3N4O4S. The number of aromatic nitrogens is 1. The van der Waals surface area contributed by atoms with Crippen molar-refractivity contribution in [2.45, 2.75) is 31.2 Å². The van der Waals surface area contributed by atoms with Gasteiger partial charge in [0.1, 0.15) is 28.5 Å². The Morgan fingerprint density at radius 1 is 1.42 bits per heavy atom. The Morgan fingerprint density at radius 2 is 2.12 bits per heavy atom. The first-order valence-corrected chi connectivity index (χ1v) is 11.1. The third-order valence-corrected chi connectivity index (χ3v) is 6.20. The maximum atomic E-state index is 12.9. The minimum absolute atomic E-state index is 0.0701. The predicted molar refractivity (Wildman–Crippen MR) is 115 cm³/mol. The number of halogens is 4. The molecule has 1 aromatic heterocycles. The van der Waals surface area contributed by atoms with E-state index in [0.717, 1.165) is 0 Å². The van der Waals surface area contributed by atoms with E-state index >= 15 is 0 Å². The minimum Gasteiger partial charge on any atom is -0.490 e. The van der Waals surface area contributed by atoms with Crippen LogP contribution >= 0.6 is 22.9 Å². The summed E-state index contributed by atoms with van der Waals surface area (Å²) in [6.07, 6.45) is -4.60. The van der Waals surface area contributed by atoms with Crippen LogP contribution in [-0.4, -0.2) is 59.3 Å². The molecule has 2 heterocycles. The molecule has 1 aliphatic rings. The topological polar surface area (TPSA) is 118 Å². The standard InChI is InChI=1S/C20H20ClF3N4O4S/c21-15-7-14(2-1-11(15)8-25)32-13-3-5-28(6-4-13)10-12(29)9-26-18(30)16-17(20(22,23)24)27-19(31)33-16/h1-2,7,12-13,29H,3-6,9-10H2,(H,26,30)(H,27,31). The molecule has 33 heavy (non-hydrogen) atoms. The molecule has 0 saturated carbocycles. The number of benzene rings is 1. The van der Waals surface area contributed by atoms with E-state index in [-0.39, 0.29) is 30.5 Å². The van der Waals surface area contributed by atoms with Crippen molar-refractivity contribution in [1.29, 1.82) is 5.26 Å². The number of aliphatic hydroxyl groups is 1. The van der Waals surface area contributed by atoms with Crippen LogP contribution < -0.4 is 14.9 Å². The second kappa shape index (κ2) is 10.6. The third kappa shape index (κ3) is 6.70. The average molecular weight is 505 g/mol. The molecule has 1 saturated heterocycles. The van der Waals surface area contributed by atoms with Crippen LogP contribution in [-0.2, 0) is 6.18 Å². The number of carbonyl (C=O) groups excluding carboxylic acids is 1. The number of hydrogen-bond acceptors (Lipinski definition) is 7. The first kappa shape index (κ1) is 25.0. The lowest BCUT2D eigenvalue weighted by Gasteiger charge is -2.33. The molecule has 1 unspecified atom stereocenters. The molecule has 0 radical (unpaired) electrons. The van der Waals surface area contributed by atoms with Crippen molar-refractivity contribution < 1.29 is 27.8 Å². The first-order valence-electron chi connectivity index (χ1n) is 9.92. The van der Waals surface area contributed by atoms with E-state index in [1.807, 2.05) is 11.0 Å². The molecule has 13 heteroatoms. The highest BCUT2D eigenvalue weighted by Gasteiger charge is 2.38. The fraction of sp³-hybridized carbons (Fsp3) is 0.450. The Hall–Kier alpha value is -2.59. The van der Waals surface area contributed by atoms with Gasteiger partial charge < -0.3 is 25.0 Å². The van der Waals surface area contributed by atoms with Crippen molar-refractivity contribution in [2.75, 3.05) is 26.2 Å². The smallest absolute Gasteiger partial charge is 0.432 e. The summed E-state index contributed by atoms with van der Waals surface area (Å²) in [5.41, 5.74) is -1.03. The molecule has 1 fully saturated rings. The number of hydrogen-bond donors (Lipinski definition) is 3. The van der Waals surface area contributed by atoms with Gasteiger partial charge in [-0.25, -0.2) is 0 Å². The normalized spacial score (nSPS) is 16.2. The van der Waals surface area contributed by atoms with Gasteiger partial charge in [0.25, 0.3) is 5.91 Å². The monoisotopic (exact) mass is 504 g/mol. The summed E-state index contributed by atoms with van der Waals surface area (Å²) in [4.78, 5) is 25.2. The number of H-pyrrole nitrogens is 1. The van der Waals surface area contributed by atoms with E-state index in [1.165, 1.54) is 0 Å². The highest BCUT2D eigenvalue weighted by molar-refractivity contribution is 7.11. The van der Waals surface area contributed by atoms with Crippen molar-refractivity contribution in [2.24, 2.45) is 0 Å². The zero-order valence-electron chi connectivity index (χ0n) is 17.1. The lowest BCUT2D eigenvalue weighted by molar-refractivity contribution is -0.141. The Bertz CT molecular complexity index is 1090. The van der Waals surface area contributed by atoms with Gasteiger partial charge in [0.15, 0.2) is 0 Å². The molecule has 0 aliphatic carbocycles. The van der Waals surface area contributed by atoms with Crippen LogP contribution in [0.1, 0.15) is 33.8 Å². The average Bonchev–Trinajstić information content (AvgIpc) is 3.16. The summed E-state index contributed by atoms with van der Waals surface area (Å²) >= 11 is 6.18. The number of likely N-dealkylation sites (tertiary alicyclic amines) is 1. The number of nitrogens with one attached hydrogen (secondary N) is 2. The van der Waals surface area contributed by atoms with E-state index in [1.54, 1.807) is 23.2 Å². The molecule has 2 aromatic rings. The fourth-order valence-corrected chi connectivity index (χ4v) is 4.39. The summed E-state index contributed by atoms with van der Waals surface area (Å²) < 4.78 is 44.7. The van der Waals surface area contributed by atoms with Gasteiger partial charge in [0, 0.05) is 32.2 Å². The highest BCUT2D eigenvalue weighted by atomic mass is 35.5. The molecule has 1 aliphatic heterocycles. The van der Waals surface area contributed by atoms with Crippen LogP contribution in [0.2, 0.25) is 5.02 Å². The maximum Gasteiger partial charge on any atom is 0.432 e. The SMILES string of the molecule is N#Cc1ccc(OC2CCN(CC(O)CNC(=O)c3sc(=O)[nH]c3C(F)(F)F)CC2)cc1Cl. The molecule has 0 bridgehead atoms. The van der Waals surface area contributed by atoms with Gasteiger partial charge in [-0.1, -0.05) is 22.9 Å². The molecule has 3 rings (SSSR count). The van der Waals surface area contributed by atoms with Gasteiger partial charge in [-0.15, -0.1) is 0 Å². The van der Waals surface area contributed by atoms with Crippen molar-refractivity contribution >= 4 is 28.8 Å². The van der Waals surface area contributed by atoms with Crippen LogP contribution in [0, 0.1) is 11.3 Å². The van der Waals surface area contributed by atoms with Crippen LogP contribution in [0.25, 0.3) is 0 Å². The van der Waals surface area contributed by atoms with E-state index in [0.29, 0.717) is 42.3 Å². The van der Waals surface area contributed by atoms with E-state index in [9.17, 15) is 27.9 Å². The van der Waals surface area contributed by atoms with E-state index < -0.39 is 33.6 Å². The molecule has 8 nitrogen and oxygen atoms in total. The number of alkyl halides is 3. The van der Waals surface area contributed by atoms with Crippen LogP contribution in [0.15, 0.2) is 23.0 Å². The molecule has 178 valence electrons. The van der Waals surface area contributed by atoms with Gasteiger partial charge in [0.05, 0.1) is 16.7 Å². The second-order valence-electron chi connectivity index (χ2n) is 7.45. The number of nitrogens with zero attached hydrogens (tertiary/aromatic N) is 2. The summed E-state index contributed by atoms with van der Waals surface area (Å²) in [5.74, 6) is -0.511. The lowest BCUT2D eigenvalue weighted by Crippen LogP contribution is -2.45. The Kier molecular flexibility index (Phi) is 8.01. The molecule has 0 spiro atoms. The maximum absolute atomic E-state index is 12.9. The van der Waals surface area contributed by atoms with Gasteiger partial charge in [-0.05, 0) is 25.0 Å². The highest BCUT2D eigenvalue weighted by Crippen LogP contribution is 2.31. The Balaban J connectivity index is 1.44. The molecule has 1 amide bonds. The molecule has 1 atom stereocenters. The summed E-state index contributed by atoms with van der Waals surface area (Å²) in [6.45, 7) is 1.17. The number of amides is 1. The largest absolute Gasteiger partial charge is 0.490 e. The number of carbonyl (C=O) groups is 1. The van der Waals surface area contributed by atoms with Gasteiger partial charge in [0.2, 0.25) is 0 Å². The van der Waals surface area contributed by atoms with Gasteiger partial charge in [-0.2, -0.15) is 18.4 Å². The molecule has 3 N–H and O–H groups in total. The van der Waals surface area contributed by atoms with Crippen LogP contribution in [0.4, 0.5) is 13.2 Å².